The van der Waals surface area contributed by atoms with Crippen molar-refractivity contribution < 1.29 is 0 Å². The van der Waals surface area contributed by atoms with Gasteiger partial charge in [-0.15, -0.1) is 0 Å². The molecule has 0 spiro atoms. The van der Waals surface area contributed by atoms with Gasteiger partial charge in [0.2, 0.25) is 5.95 Å². The second-order valence-corrected chi connectivity index (χ2v) is 3.53. The first-order chi connectivity index (χ1) is 7.22. The Kier molecular flexibility index (Phi) is 2.41. The molecule has 0 amide bonds. The summed E-state index contributed by atoms with van der Waals surface area (Å²) >= 11 is 0. The number of anilines is 2. The SMILES string of the molecule is CNc1nc(N(C)C)nc2ccccc12. The number of rotatable bonds is 2. The Morgan fingerprint density at radius 2 is 1.87 bits per heavy atom. The van der Waals surface area contributed by atoms with E-state index >= 15 is 0 Å². The second-order valence-electron chi connectivity index (χ2n) is 3.53. The number of hydrogen-bond donors (Lipinski definition) is 1. The van der Waals surface area contributed by atoms with E-state index < -0.39 is 0 Å². The van der Waals surface area contributed by atoms with Crippen molar-refractivity contribution in [2.75, 3.05) is 31.4 Å². The number of fused-ring (bicyclic) bond motifs is 1. The molecule has 0 aliphatic heterocycles. The Balaban J connectivity index is 2.71. The minimum Gasteiger partial charge on any atom is -0.372 e. The molecule has 1 aromatic heterocycles. The van der Waals surface area contributed by atoms with Crippen LogP contribution in [-0.2, 0) is 0 Å². The normalized spacial score (nSPS) is 10.3. The van der Waals surface area contributed by atoms with E-state index in [0.717, 1.165) is 22.7 Å². The molecule has 0 saturated heterocycles. The lowest BCUT2D eigenvalue weighted by Gasteiger charge is -2.13. The highest BCUT2D eigenvalue weighted by Crippen LogP contribution is 2.21. The van der Waals surface area contributed by atoms with E-state index in [4.69, 9.17) is 0 Å². The van der Waals surface area contributed by atoms with Crippen LogP contribution in [0.5, 0.6) is 0 Å². The van der Waals surface area contributed by atoms with Crippen LogP contribution in [-0.4, -0.2) is 31.1 Å². The van der Waals surface area contributed by atoms with Gasteiger partial charge in [0.15, 0.2) is 0 Å². The zero-order valence-electron chi connectivity index (χ0n) is 9.15. The molecule has 78 valence electrons. The number of nitrogens with one attached hydrogen (secondary N) is 1. The van der Waals surface area contributed by atoms with E-state index in [-0.39, 0.29) is 0 Å². The Morgan fingerprint density at radius 1 is 1.13 bits per heavy atom. The molecule has 0 radical (unpaired) electrons. The molecule has 1 heterocycles. The van der Waals surface area contributed by atoms with Crippen LogP contribution in [0.4, 0.5) is 11.8 Å². The topological polar surface area (TPSA) is 41.1 Å². The summed E-state index contributed by atoms with van der Waals surface area (Å²) in [4.78, 5) is 10.8. The smallest absolute Gasteiger partial charge is 0.227 e. The van der Waals surface area contributed by atoms with Gasteiger partial charge in [0.05, 0.1) is 5.52 Å². The highest BCUT2D eigenvalue weighted by Gasteiger charge is 2.06. The molecule has 1 aromatic carbocycles. The lowest BCUT2D eigenvalue weighted by atomic mass is 10.2. The molecule has 2 aromatic rings. The van der Waals surface area contributed by atoms with Gasteiger partial charge in [0.1, 0.15) is 5.82 Å². The Labute approximate surface area is 89.0 Å². The fourth-order valence-electron chi connectivity index (χ4n) is 1.45. The zero-order chi connectivity index (χ0) is 10.8. The first-order valence-electron chi connectivity index (χ1n) is 4.84. The van der Waals surface area contributed by atoms with Gasteiger partial charge in [0, 0.05) is 26.5 Å². The lowest BCUT2D eigenvalue weighted by Crippen LogP contribution is -2.13. The van der Waals surface area contributed by atoms with E-state index in [2.05, 4.69) is 15.3 Å². The number of benzene rings is 1. The van der Waals surface area contributed by atoms with Gasteiger partial charge in [-0.1, -0.05) is 12.1 Å². The quantitative estimate of drug-likeness (QED) is 0.805. The maximum Gasteiger partial charge on any atom is 0.227 e. The number of nitrogens with zero attached hydrogens (tertiary/aromatic N) is 3. The van der Waals surface area contributed by atoms with E-state index in [1.807, 2.05) is 50.3 Å². The maximum absolute atomic E-state index is 4.46. The summed E-state index contributed by atoms with van der Waals surface area (Å²) in [6.45, 7) is 0. The monoisotopic (exact) mass is 202 g/mol. The second kappa shape index (κ2) is 3.73. The summed E-state index contributed by atoms with van der Waals surface area (Å²) in [7, 11) is 5.74. The molecular formula is C11H14N4. The third kappa shape index (κ3) is 1.70. The van der Waals surface area contributed by atoms with Gasteiger partial charge < -0.3 is 10.2 Å². The van der Waals surface area contributed by atoms with Crippen LogP contribution in [0.2, 0.25) is 0 Å². The van der Waals surface area contributed by atoms with Gasteiger partial charge in [-0.05, 0) is 12.1 Å². The summed E-state index contributed by atoms with van der Waals surface area (Å²) < 4.78 is 0. The van der Waals surface area contributed by atoms with Crippen molar-refractivity contribution in [3.05, 3.63) is 24.3 Å². The fourth-order valence-corrected chi connectivity index (χ4v) is 1.45. The molecule has 0 fully saturated rings. The fraction of sp³-hybridized carbons (Fsp3) is 0.273. The largest absolute Gasteiger partial charge is 0.372 e. The molecular weight excluding hydrogens is 188 g/mol. The minimum absolute atomic E-state index is 0.720. The van der Waals surface area contributed by atoms with Crippen molar-refractivity contribution in [2.45, 2.75) is 0 Å². The van der Waals surface area contributed by atoms with Crippen LogP contribution < -0.4 is 10.2 Å². The van der Waals surface area contributed by atoms with Crippen molar-refractivity contribution in [1.29, 1.82) is 0 Å². The van der Waals surface area contributed by atoms with Gasteiger partial charge >= 0.3 is 0 Å². The van der Waals surface area contributed by atoms with Crippen molar-refractivity contribution >= 4 is 22.7 Å². The molecule has 0 atom stereocenters. The third-order valence-corrected chi connectivity index (χ3v) is 2.23. The molecule has 2 rings (SSSR count). The minimum atomic E-state index is 0.720. The molecule has 4 nitrogen and oxygen atoms in total. The predicted octanol–water partition coefficient (Wildman–Crippen LogP) is 1.74. The van der Waals surface area contributed by atoms with Gasteiger partial charge in [-0.2, -0.15) is 4.98 Å². The summed E-state index contributed by atoms with van der Waals surface area (Å²) in [5.74, 6) is 1.59. The van der Waals surface area contributed by atoms with Crippen LogP contribution >= 0.6 is 0 Å². The Hall–Kier alpha value is -1.84. The van der Waals surface area contributed by atoms with Crippen LogP contribution in [0, 0.1) is 0 Å². The summed E-state index contributed by atoms with van der Waals surface area (Å²) in [6, 6.07) is 7.97. The first-order valence-corrected chi connectivity index (χ1v) is 4.84. The van der Waals surface area contributed by atoms with E-state index in [9.17, 15) is 0 Å². The summed E-state index contributed by atoms with van der Waals surface area (Å²) in [6.07, 6.45) is 0. The van der Waals surface area contributed by atoms with Crippen molar-refractivity contribution in [2.24, 2.45) is 0 Å². The van der Waals surface area contributed by atoms with E-state index in [1.54, 1.807) is 0 Å². The van der Waals surface area contributed by atoms with Crippen molar-refractivity contribution in [1.82, 2.24) is 9.97 Å². The number of aromatic nitrogens is 2. The van der Waals surface area contributed by atoms with Crippen LogP contribution in [0.25, 0.3) is 10.9 Å². The molecule has 15 heavy (non-hydrogen) atoms. The molecule has 0 aliphatic rings. The van der Waals surface area contributed by atoms with E-state index in [0.29, 0.717) is 0 Å². The van der Waals surface area contributed by atoms with Crippen molar-refractivity contribution in [3.63, 3.8) is 0 Å². The van der Waals surface area contributed by atoms with Gasteiger partial charge in [0.25, 0.3) is 0 Å². The average Bonchev–Trinajstić information content (AvgIpc) is 2.27. The Bertz CT molecular complexity index is 479. The highest BCUT2D eigenvalue weighted by atomic mass is 15.2. The standard InChI is InChI=1S/C11H14N4/c1-12-10-8-6-4-5-7-9(8)13-11(14-10)15(2)3/h4-7H,1-3H3,(H,12,13,14). The number of para-hydroxylation sites is 1. The third-order valence-electron chi connectivity index (χ3n) is 2.23. The van der Waals surface area contributed by atoms with Crippen LogP contribution in [0.15, 0.2) is 24.3 Å². The predicted molar refractivity (Wildman–Crippen MR) is 63.4 cm³/mol. The van der Waals surface area contributed by atoms with Crippen LogP contribution in [0.1, 0.15) is 0 Å². The zero-order valence-corrected chi connectivity index (χ0v) is 9.15. The average molecular weight is 202 g/mol. The lowest BCUT2D eigenvalue weighted by molar-refractivity contribution is 1.02. The molecule has 0 aliphatic carbocycles. The highest BCUT2D eigenvalue weighted by molar-refractivity contribution is 5.89. The first kappa shape index (κ1) is 9.71. The summed E-state index contributed by atoms with van der Waals surface area (Å²) in [5, 5.41) is 4.13. The molecule has 0 unspecified atom stereocenters. The van der Waals surface area contributed by atoms with Gasteiger partial charge in [-0.3, -0.25) is 0 Å². The molecule has 0 bridgehead atoms. The molecule has 0 saturated carbocycles. The molecule has 1 N–H and O–H groups in total. The Morgan fingerprint density at radius 3 is 2.53 bits per heavy atom. The maximum atomic E-state index is 4.46. The summed E-state index contributed by atoms with van der Waals surface area (Å²) in [5.41, 5.74) is 0.959. The molecule has 4 heteroatoms. The number of hydrogen-bond acceptors (Lipinski definition) is 4. The van der Waals surface area contributed by atoms with Crippen molar-refractivity contribution in [3.8, 4) is 0 Å². The van der Waals surface area contributed by atoms with Gasteiger partial charge in [-0.25, -0.2) is 4.98 Å². The van der Waals surface area contributed by atoms with E-state index in [1.165, 1.54) is 0 Å². The van der Waals surface area contributed by atoms with Crippen LogP contribution in [0.3, 0.4) is 0 Å².